The number of benzene rings is 1. The molecule has 2 bridgehead atoms. The Kier molecular flexibility index (Phi) is 5.21. The highest BCUT2D eigenvalue weighted by atomic mass is 32.2. The first kappa shape index (κ1) is 18.4. The highest BCUT2D eigenvalue weighted by molar-refractivity contribution is 7.89. The lowest BCUT2D eigenvalue weighted by molar-refractivity contribution is -0.122. The van der Waals surface area contributed by atoms with Crippen LogP contribution in [0.3, 0.4) is 0 Å². The Morgan fingerprint density at radius 1 is 1.24 bits per heavy atom. The lowest BCUT2D eigenvalue weighted by Crippen LogP contribution is -2.45. The van der Waals surface area contributed by atoms with Crippen LogP contribution in [0.25, 0.3) is 0 Å². The Morgan fingerprint density at radius 3 is 2.48 bits per heavy atom. The van der Waals surface area contributed by atoms with Crippen LogP contribution >= 0.6 is 0 Å². The summed E-state index contributed by atoms with van der Waals surface area (Å²) in [5.41, 5.74) is 0.999. The van der Waals surface area contributed by atoms with E-state index in [9.17, 15) is 13.2 Å². The molecule has 3 rings (SSSR count). The van der Waals surface area contributed by atoms with E-state index in [0.29, 0.717) is 5.92 Å². The third-order valence-corrected chi connectivity index (χ3v) is 7.74. The number of aryl methyl sites for hydroxylation is 1. The molecule has 0 spiro atoms. The van der Waals surface area contributed by atoms with Crippen LogP contribution in [0, 0.1) is 24.7 Å². The number of carbonyl (C=O) groups is 1. The largest absolute Gasteiger partial charge is 0.352 e. The van der Waals surface area contributed by atoms with Crippen molar-refractivity contribution >= 4 is 15.9 Å². The minimum absolute atomic E-state index is 0.110. The molecular formula is C19H28N2O3S. The highest BCUT2D eigenvalue weighted by Crippen LogP contribution is 2.49. The van der Waals surface area contributed by atoms with Crippen LogP contribution in [0.4, 0.5) is 0 Å². The molecule has 25 heavy (non-hydrogen) atoms. The van der Waals surface area contributed by atoms with E-state index in [1.165, 1.54) is 32.7 Å². The summed E-state index contributed by atoms with van der Waals surface area (Å²) in [5.74, 6) is 1.88. The Labute approximate surface area is 150 Å². The molecule has 2 fully saturated rings. The van der Waals surface area contributed by atoms with Gasteiger partial charge in [-0.3, -0.25) is 4.79 Å². The molecule has 2 saturated carbocycles. The van der Waals surface area contributed by atoms with Gasteiger partial charge in [0.25, 0.3) is 0 Å². The van der Waals surface area contributed by atoms with E-state index in [1.807, 2.05) is 6.92 Å². The molecule has 0 heterocycles. The van der Waals surface area contributed by atoms with Gasteiger partial charge in [-0.05, 0) is 63.0 Å². The summed E-state index contributed by atoms with van der Waals surface area (Å²) in [6, 6.07) is 6.79. The molecule has 1 aromatic rings. The van der Waals surface area contributed by atoms with Gasteiger partial charge in [0.1, 0.15) is 0 Å². The zero-order valence-corrected chi connectivity index (χ0v) is 16.1. The van der Waals surface area contributed by atoms with Gasteiger partial charge >= 0.3 is 0 Å². The maximum absolute atomic E-state index is 12.6. The van der Waals surface area contributed by atoms with Crippen LogP contribution < -0.4 is 5.32 Å². The SMILES string of the molecule is Cc1ccc(S(=O)(=O)N(C)CC(=O)N[C@@H](C)[C@H]2C[C@H]3CC[C@H]2C3)cc1. The van der Waals surface area contributed by atoms with Gasteiger partial charge in [-0.25, -0.2) is 8.42 Å². The van der Waals surface area contributed by atoms with Gasteiger partial charge in [-0.1, -0.05) is 24.1 Å². The fraction of sp³-hybridized carbons (Fsp3) is 0.632. The van der Waals surface area contributed by atoms with Gasteiger partial charge in [-0.15, -0.1) is 0 Å². The average Bonchev–Trinajstić information content (AvgIpc) is 3.18. The number of hydrogen-bond acceptors (Lipinski definition) is 3. The van der Waals surface area contributed by atoms with Crippen molar-refractivity contribution in [2.75, 3.05) is 13.6 Å². The van der Waals surface area contributed by atoms with Gasteiger partial charge < -0.3 is 5.32 Å². The predicted octanol–water partition coefficient (Wildman–Crippen LogP) is 2.56. The lowest BCUT2D eigenvalue weighted by atomic mass is 9.84. The van der Waals surface area contributed by atoms with E-state index in [0.717, 1.165) is 21.7 Å². The monoisotopic (exact) mass is 364 g/mol. The summed E-state index contributed by atoms with van der Waals surface area (Å²) in [6.45, 7) is 3.81. The molecule has 0 saturated heterocycles. The number of carbonyl (C=O) groups excluding carboxylic acids is 1. The standard InChI is InChI=1S/C19H28N2O3S/c1-13-4-8-17(9-5-13)25(23,24)21(3)12-19(22)20-14(2)18-11-15-6-7-16(18)10-15/h4-5,8-9,14-16,18H,6-7,10-12H2,1-3H3,(H,20,22)/t14-,15-,16-,18+/m0/s1. The van der Waals surface area contributed by atoms with E-state index >= 15 is 0 Å². The topological polar surface area (TPSA) is 66.5 Å². The molecule has 0 aromatic heterocycles. The zero-order valence-electron chi connectivity index (χ0n) is 15.2. The molecule has 1 aromatic carbocycles. The van der Waals surface area contributed by atoms with Gasteiger partial charge in [-0.2, -0.15) is 4.31 Å². The van der Waals surface area contributed by atoms with Crippen LogP contribution in [-0.2, 0) is 14.8 Å². The number of rotatable bonds is 6. The van der Waals surface area contributed by atoms with Crippen LogP contribution in [0.5, 0.6) is 0 Å². The van der Waals surface area contributed by atoms with E-state index in [4.69, 9.17) is 0 Å². The summed E-state index contributed by atoms with van der Waals surface area (Å²) in [6.07, 6.45) is 5.10. The molecule has 0 aliphatic heterocycles. The van der Waals surface area contributed by atoms with Crippen LogP contribution in [0.2, 0.25) is 0 Å². The van der Waals surface area contributed by atoms with Crippen LogP contribution in [0.1, 0.15) is 38.2 Å². The van der Waals surface area contributed by atoms with Crippen molar-refractivity contribution < 1.29 is 13.2 Å². The number of amides is 1. The Balaban J connectivity index is 1.57. The van der Waals surface area contributed by atoms with E-state index in [-0.39, 0.29) is 23.4 Å². The van der Waals surface area contributed by atoms with Crippen LogP contribution in [-0.4, -0.2) is 38.3 Å². The highest BCUT2D eigenvalue weighted by Gasteiger charge is 2.42. The van der Waals surface area contributed by atoms with Crippen molar-refractivity contribution in [2.45, 2.75) is 50.5 Å². The van der Waals surface area contributed by atoms with Crippen molar-refractivity contribution in [1.82, 2.24) is 9.62 Å². The lowest BCUT2D eigenvalue weighted by Gasteiger charge is -2.29. The molecule has 1 N–H and O–H groups in total. The van der Waals surface area contributed by atoms with Crippen molar-refractivity contribution in [3.05, 3.63) is 29.8 Å². The second-order valence-electron chi connectivity index (χ2n) is 7.77. The van der Waals surface area contributed by atoms with Gasteiger partial charge in [0.05, 0.1) is 11.4 Å². The summed E-state index contributed by atoms with van der Waals surface area (Å²) in [4.78, 5) is 12.6. The molecule has 5 nitrogen and oxygen atoms in total. The summed E-state index contributed by atoms with van der Waals surface area (Å²) in [7, 11) is -2.19. The van der Waals surface area contributed by atoms with E-state index < -0.39 is 10.0 Å². The Morgan fingerprint density at radius 2 is 1.92 bits per heavy atom. The first-order chi connectivity index (χ1) is 11.8. The smallest absolute Gasteiger partial charge is 0.243 e. The predicted molar refractivity (Wildman–Crippen MR) is 97.5 cm³/mol. The molecule has 1 amide bonds. The minimum Gasteiger partial charge on any atom is -0.352 e. The summed E-state index contributed by atoms with van der Waals surface area (Å²) < 4.78 is 26.3. The number of hydrogen-bond donors (Lipinski definition) is 1. The fourth-order valence-corrected chi connectivity index (χ4v) is 5.62. The molecule has 2 aliphatic rings. The number of sulfonamides is 1. The quantitative estimate of drug-likeness (QED) is 0.844. The zero-order chi connectivity index (χ0) is 18.2. The molecule has 2 aliphatic carbocycles. The number of nitrogens with one attached hydrogen (secondary N) is 1. The molecular weight excluding hydrogens is 336 g/mol. The van der Waals surface area contributed by atoms with Gasteiger partial charge in [0.15, 0.2) is 0 Å². The minimum atomic E-state index is -3.64. The van der Waals surface area contributed by atoms with Crippen molar-refractivity contribution in [2.24, 2.45) is 17.8 Å². The second kappa shape index (κ2) is 7.08. The molecule has 0 unspecified atom stereocenters. The third-order valence-electron chi connectivity index (χ3n) is 5.92. The number of nitrogens with zero attached hydrogens (tertiary/aromatic N) is 1. The van der Waals surface area contributed by atoms with Crippen molar-refractivity contribution in [3.8, 4) is 0 Å². The number of likely N-dealkylation sites (N-methyl/N-ethyl adjacent to an activating group) is 1. The Hall–Kier alpha value is -1.40. The first-order valence-electron chi connectivity index (χ1n) is 9.09. The van der Waals surface area contributed by atoms with Gasteiger partial charge in [0.2, 0.25) is 15.9 Å². The molecule has 138 valence electrons. The first-order valence-corrected chi connectivity index (χ1v) is 10.5. The second-order valence-corrected chi connectivity index (χ2v) is 9.81. The maximum Gasteiger partial charge on any atom is 0.243 e. The normalized spacial score (nSPS) is 26.8. The van der Waals surface area contributed by atoms with Crippen molar-refractivity contribution in [3.63, 3.8) is 0 Å². The summed E-state index contributed by atoms with van der Waals surface area (Å²) >= 11 is 0. The molecule has 6 heteroatoms. The Bertz CT molecular complexity index is 730. The maximum atomic E-state index is 12.6. The molecule has 4 atom stereocenters. The summed E-state index contributed by atoms with van der Waals surface area (Å²) in [5, 5.41) is 3.03. The molecule has 0 radical (unpaired) electrons. The van der Waals surface area contributed by atoms with E-state index in [2.05, 4.69) is 12.2 Å². The van der Waals surface area contributed by atoms with Gasteiger partial charge in [0, 0.05) is 13.1 Å². The van der Waals surface area contributed by atoms with E-state index in [1.54, 1.807) is 24.3 Å². The fourth-order valence-electron chi connectivity index (χ4n) is 4.49. The van der Waals surface area contributed by atoms with Crippen molar-refractivity contribution in [1.29, 1.82) is 0 Å². The third kappa shape index (κ3) is 3.90. The number of fused-ring (bicyclic) bond motifs is 2. The average molecular weight is 365 g/mol. The van der Waals surface area contributed by atoms with Crippen LogP contribution in [0.15, 0.2) is 29.2 Å².